The third kappa shape index (κ3) is 7.98. The highest BCUT2D eigenvalue weighted by molar-refractivity contribution is 6.42. The molecule has 0 spiro atoms. The average molecular weight is 542 g/mol. The number of aryl methyl sites for hydroxylation is 2. The van der Waals surface area contributed by atoms with E-state index in [1.54, 1.807) is 17.0 Å². The van der Waals surface area contributed by atoms with Gasteiger partial charge in [0.15, 0.2) is 6.61 Å². The monoisotopic (exact) mass is 540 g/mol. The molecule has 1 N–H and O–H groups in total. The van der Waals surface area contributed by atoms with Crippen LogP contribution < -0.4 is 10.1 Å². The van der Waals surface area contributed by atoms with E-state index in [9.17, 15) is 9.59 Å². The van der Waals surface area contributed by atoms with Gasteiger partial charge in [0.05, 0.1) is 10.0 Å². The first-order valence-electron chi connectivity index (χ1n) is 12.3. The number of amides is 2. The predicted octanol–water partition coefficient (Wildman–Crippen LogP) is 6.46. The fraction of sp³-hybridized carbons (Fsp3) is 0.333. The molecular formula is C30H34Cl2N2O3. The normalized spacial score (nSPS) is 11.8. The molecule has 0 saturated heterocycles. The second-order valence-electron chi connectivity index (χ2n) is 9.63. The van der Waals surface area contributed by atoms with E-state index in [0.29, 0.717) is 22.2 Å². The van der Waals surface area contributed by atoms with Crippen molar-refractivity contribution in [3.63, 3.8) is 0 Å². The van der Waals surface area contributed by atoms with Crippen LogP contribution in [0.2, 0.25) is 10.0 Å². The lowest BCUT2D eigenvalue weighted by molar-refractivity contribution is -0.143. The maximum Gasteiger partial charge on any atom is 0.261 e. The van der Waals surface area contributed by atoms with E-state index in [1.807, 2.05) is 77.1 Å². The Morgan fingerprint density at radius 3 is 2.27 bits per heavy atom. The lowest BCUT2D eigenvalue weighted by atomic mass is 10.0. The molecule has 3 aromatic rings. The Bertz CT molecular complexity index is 1250. The first-order valence-corrected chi connectivity index (χ1v) is 13.1. The molecule has 0 aromatic heterocycles. The van der Waals surface area contributed by atoms with Crippen molar-refractivity contribution in [3.05, 3.63) is 98.5 Å². The van der Waals surface area contributed by atoms with Crippen molar-refractivity contribution >= 4 is 35.0 Å². The van der Waals surface area contributed by atoms with Crippen LogP contribution in [-0.4, -0.2) is 35.4 Å². The number of hydrogen-bond donors (Lipinski definition) is 1. The van der Waals surface area contributed by atoms with Crippen molar-refractivity contribution in [1.82, 2.24) is 10.2 Å². The predicted molar refractivity (Wildman–Crippen MR) is 150 cm³/mol. The van der Waals surface area contributed by atoms with Gasteiger partial charge in [-0.15, -0.1) is 0 Å². The standard InChI is InChI=1S/C30H34Cl2N2O3/c1-19(2)33-30(36)27(16-23-9-7-6-8-10-23)34(17-24-11-12-25(31)26(32)15-24)29(35)18-37-28-14-20(3)13-21(4)22(28)5/h6-15,19,27H,16-18H2,1-5H3,(H,33,36)/t27-/m0/s1. The van der Waals surface area contributed by atoms with E-state index in [2.05, 4.69) is 11.4 Å². The van der Waals surface area contributed by atoms with Crippen molar-refractivity contribution < 1.29 is 14.3 Å². The fourth-order valence-corrected chi connectivity index (χ4v) is 4.46. The molecule has 2 amide bonds. The molecule has 0 fully saturated rings. The second kappa shape index (κ2) is 13.0. The highest BCUT2D eigenvalue weighted by Crippen LogP contribution is 2.26. The largest absolute Gasteiger partial charge is 0.483 e. The minimum atomic E-state index is -0.754. The van der Waals surface area contributed by atoms with Gasteiger partial charge >= 0.3 is 0 Å². The zero-order chi connectivity index (χ0) is 27.1. The summed E-state index contributed by atoms with van der Waals surface area (Å²) in [5.41, 5.74) is 4.84. The summed E-state index contributed by atoms with van der Waals surface area (Å²) in [6, 6.07) is 18.1. The maximum absolute atomic E-state index is 13.7. The topological polar surface area (TPSA) is 58.6 Å². The number of nitrogens with one attached hydrogen (secondary N) is 1. The number of carbonyl (C=O) groups is 2. The number of halogens is 2. The van der Waals surface area contributed by atoms with Gasteiger partial charge in [-0.2, -0.15) is 0 Å². The summed E-state index contributed by atoms with van der Waals surface area (Å²) in [5.74, 6) is 0.130. The minimum Gasteiger partial charge on any atom is -0.483 e. The van der Waals surface area contributed by atoms with Crippen molar-refractivity contribution in [1.29, 1.82) is 0 Å². The summed E-state index contributed by atoms with van der Waals surface area (Å²) < 4.78 is 6.01. The maximum atomic E-state index is 13.7. The summed E-state index contributed by atoms with van der Waals surface area (Å²) in [6.45, 7) is 9.74. The number of rotatable bonds is 10. The average Bonchev–Trinajstić information content (AvgIpc) is 2.84. The quantitative estimate of drug-likeness (QED) is 0.321. The molecule has 0 aliphatic rings. The van der Waals surface area contributed by atoms with E-state index in [4.69, 9.17) is 27.9 Å². The third-order valence-electron chi connectivity index (χ3n) is 6.15. The van der Waals surface area contributed by atoms with Crippen LogP contribution in [0.15, 0.2) is 60.7 Å². The van der Waals surface area contributed by atoms with Gasteiger partial charge in [-0.25, -0.2) is 0 Å². The number of ether oxygens (including phenoxy) is 1. The smallest absolute Gasteiger partial charge is 0.261 e. The molecule has 0 unspecified atom stereocenters. The molecule has 0 aliphatic carbocycles. The zero-order valence-corrected chi connectivity index (χ0v) is 23.5. The van der Waals surface area contributed by atoms with Crippen molar-refractivity contribution in [2.75, 3.05) is 6.61 Å². The Kier molecular flexibility index (Phi) is 10.0. The van der Waals surface area contributed by atoms with Crippen molar-refractivity contribution in [2.24, 2.45) is 0 Å². The third-order valence-corrected chi connectivity index (χ3v) is 6.89. The molecule has 37 heavy (non-hydrogen) atoms. The van der Waals surface area contributed by atoms with Crippen LogP contribution in [0.3, 0.4) is 0 Å². The van der Waals surface area contributed by atoms with E-state index >= 15 is 0 Å². The molecule has 3 rings (SSSR count). The molecule has 196 valence electrons. The lowest BCUT2D eigenvalue weighted by Crippen LogP contribution is -2.52. The molecule has 0 saturated carbocycles. The van der Waals surface area contributed by atoms with E-state index in [-0.39, 0.29) is 31.0 Å². The van der Waals surface area contributed by atoms with Crippen LogP contribution in [0.1, 0.15) is 41.7 Å². The summed E-state index contributed by atoms with van der Waals surface area (Å²) >= 11 is 12.4. The molecule has 0 heterocycles. The number of carbonyl (C=O) groups excluding carboxylic acids is 2. The second-order valence-corrected chi connectivity index (χ2v) is 10.4. The van der Waals surface area contributed by atoms with Gasteiger partial charge in [-0.1, -0.05) is 65.7 Å². The van der Waals surface area contributed by atoms with Crippen LogP contribution in [0.4, 0.5) is 0 Å². The van der Waals surface area contributed by atoms with E-state index < -0.39 is 6.04 Å². The molecule has 1 atom stereocenters. The SMILES string of the molecule is Cc1cc(C)c(C)c(OCC(=O)N(Cc2ccc(Cl)c(Cl)c2)[C@@H](Cc2ccccc2)C(=O)NC(C)C)c1. The number of hydrogen-bond acceptors (Lipinski definition) is 3. The fourth-order valence-electron chi connectivity index (χ4n) is 4.14. The van der Waals surface area contributed by atoms with Gasteiger partial charge in [0.2, 0.25) is 5.91 Å². The Balaban J connectivity index is 1.96. The van der Waals surface area contributed by atoms with E-state index in [1.165, 1.54) is 0 Å². The summed E-state index contributed by atoms with van der Waals surface area (Å²) in [7, 11) is 0. The number of nitrogens with zero attached hydrogens (tertiary/aromatic N) is 1. The first-order chi connectivity index (χ1) is 17.5. The van der Waals surface area contributed by atoms with E-state index in [0.717, 1.165) is 27.8 Å². The van der Waals surface area contributed by atoms with Crippen molar-refractivity contribution in [3.8, 4) is 5.75 Å². The molecule has 5 nitrogen and oxygen atoms in total. The van der Waals surface area contributed by atoms with Crippen LogP contribution in [-0.2, 0) is 22.6 Å². The Labute approximate surface area is 229 Å². The van der Waals surface area contributed by atoms with Gasteiger partial charge < -0.3 is 15.0 Å². The van der Waals surface area contributed by atoms with Crippen LogP contribution in [0.25, 0.3) is 0 Å². The zero-order valence-electron chi connectivity index (χ0n) is 22.0. The summed E-state index contributed by atoms with van der Waals surface area (Å²) in [4.78, 5) is 28.7. The Hall–Kier alpha value is -3.02. The van der Waals surface area contributed by atoms with Crippen LogP contribution in [0, 0.1) is 20.8 Å². The summed E-state index contributed by atoms with van der Waals surface area (Å²) in [5, 5.41) is 3.80. The highest BCUT2D eigenvalue weighted by Gasteiger charge is 2.31. The Morgan fingerprint density at radius 1 is 0.919 bits per heavy atom. The Morgan fingerprint density at radius 2 is 1.62 bits per heavy atom. The molecule has 7 heteroatoms. The molecule has 3 aromatic carbocycles. The van der Waals surface area contributed by atoms with Gasteiger partial charge in [-0.05, 0) is 80.6 Å². The molecule has 0 aliphatic heterocycles. The van der Waals surface area contributed by atoms with Gasteiger partial charge in [0, 0.05) is 19.0 Å². The molecule has 0 bridgehead atoms. The highest BCUT2D eigenvalue weighted by atomic mass is 35.5. The molecular weight excluding hydrogens is 507 g/mol. The van der Waals surface area contributed by atoms with Gasteiger partial charge in [-0.3, -0.25) is 9.59 Å². The minimum absolute atomic E-state index is 0.0816. The number of benzene rings is 3. The first kappa shape index (κ1) is 28.5. The van der Waals surface area contributed by atoms with Crippen LogP contribution in [0.5, 0.6) is 5.75 Å². The van der Waals surface area contributed by atoms with Crippen LogP contribution >= 0.6 is 23.2 Å². The van der Waals surface area contributed by atoms with Gasteiger partial charge in [0.1, 0.15) is 11.8 Å². The lowest BCUT2D eigenvalue weighted by Gasteiger charge is -2.32. The molecule has 0 radical (unpaired) electrons. The summed E-state index contributed by atoms with van der Waals surface area (Å²) in [6.07, 6.45) is 0.356. The van der Waals surface area contributed by atoms with Crippen molar-refractivity contribution in [2.45, 2.75) is 59.7 Å². The van der Waals surface area contributed by atoms with Gasteiger partial charge in [0.25, 0.3) is 5.91 Å².